The summed E-state index contributed by atoms with van der Waals surface area (Å²) in [4.78, 5) is 0. The van der Waals surface area contributed by atoms with Gasteiger partial charge in [-0.15, -0.1) is 0 Å². The highest BCUT2D eigenvalue weighted by Crippen LogP contribution is 2.42. The van der Waals surface area contributed by atoms with Crippen LogP contribution in [0.2, 0.25) is 0 Å². The SMILES string of the molecule is FC(F)(Cl)C(F)(Cl)Cl.O=S(=O)(F)F. The van der Waals surface area contributed by atoms with Crippen molar-refractivity contribution in [3.05, 3.63) is 0 Å². The van der Waals surface area contributed by atoms with Crippen LogP contribution in [0.15, 0.2) is 0 Å². The first-order valence-electron chi connectivity index (χ1n) is 2.03. The van der Waals surface area contributed by atoms with Gasteiger partial charge in [0.15, 0.2) is 0 Å². The molecule has 0 radical (unpaired) electrons. The molecule has 0 rings (SSSR count). The zero-order valence-corrected chi connectivity index (χ0v) is 8.33. The molecule has 11 heteroatoms. The van der Waals surface area contributed by atoms with Crippen LogP contribution in [-0.2, 0) is 10.6 Å². The molecule has 0 saturated heterocycles. The summed E-state index contributed by atoms with van der Waals surface area (Å²) >= 11 is 12.5. The Kier molecular flexibility index (Phi) is 5.89. The van der Waals surface area contributed by atoms with Gasteiger partial charge in [0.2, 0.25) is 0 Å². The summed E-state index contributed by atoms with van der Waals surface area (Å²) in [7, 11) is -5.67. The Morgan fingerprint density at radius 1 is 0.923 bits per heavy atom. The van der Waals surface area contributed by atoms with E-state index in [0.29, 0.717) is 0 Å². The second kappa shape index (κ2) is 4.81. The number of alkyl halides is 6. The molecular weight excluding hydrogens is 289 g/mol. The van der Waals surface area contributed by atoms with Gasteiger partial charge in [0.25, 0.3) is 0 Å². The van der Waals surface area contributed by atoms with Crippen molar-refractivity contribution in [1.82, 2.24) is 0 Å². The van der Waals surface area contributed by atoms with Crippen molar-refractivity contribution in [1.29, 1.82) is 0 Å². The Bertz CT molecular complexity index is 219. The monoisotopic (exact) mass is 288 g/mol. The molecule has 0 aromatic rings. The Hall–Kier alpha value is 0.470. The largest absolute Gasteiger partial charge is 0.476 e. The van der Waals surface area contributed by atoms with E-state index in [0.717, 1.165) is 0 Å². The molecule has 0 spiro atoms. The summed E-state index contributed by atoms with van der Waals surface area (Å²) in [5.74, 6) is 0. The average Bonchev–Trinajstić information content (AvgIpc) is 1.50. The van der Waals surface area contributed by atoms with Gasteiger partial charge in [-0.25, -0.2) is 0 Å². The van der Waals surface area contributed by atoms with E-state index in [2.05, 4.69) is 34.8 Å². The lowest BCUT2D eigenvalue weighted by Crippen LogP contribution is -2.27. The Morgan fingerprint density at radius 3 is 1.00 bits per heavy atom. The minimum absolute atomic E-state index is 3.69. The van der Waals surface area contributed by atoms with E-state index in [9.17, 15) is 20.9 Å². The van der Waals surface area contributed by atoms with Crippen molar-refractivity contribution < 1.29 is 29.4 Å². The molecule has 82 valence electrons. The van der Waals surface area contributed by atoms with Crippen molar-refractivity contribution in [3.63, 3.8) is 0 Å². The average molecular weight is 289 g/mol. The zero-order valence-electron chi connectivity index (χ0n) is 5.25. The van der Waals surface area contributed by atoms with E-state index >= 15 is 0 Å². The van der Waals surface area contributed by atoms with E-state index < -0.39 is 20.6 Å². The Morgan fingerprint density at radius 2 is 1.00 bits per heavy atom. The lowest BCUT2D eigenvalue weighted by Gasteiger charge is -2.13. The van der Waals surface area contributed by atoms with Crippen LogP contribution in [0.5, 0.6) is 0 Å². The van der Waals surface area contributed by atoms with Gasteiger partial charge in [0.1, 0.15) is 0 Å². The highest BCUT2D eigenvalue weighted by molar-refractivity contribution is 7.81. The fourth-order valence-electron chi connectivity index (χ4n) is 0. The van der Waals surface area contributed by atoms with E-state index in [1.54, 1.807) is 0 Å². The highest BCUT2D eigenvalue weighted by Gasteiger charge is 2.51. The van der Waals surface area contributed by atoms with Crippen LogP contribution in [0.1, 0.15) is 0 Å². The number of hydrogen-bond acceptors (Lipinski definition) is 2. The molecule has 0 unspecified atom stereocenters. The molecule has 2 nitrogen and oxygen atoms in total. The molecule has 0 fully saturated rings. The number of rotatable bonds is 1. The maximum atomic E-state index is 11.5. The lowest BCUT2D eigenvalue weighted by molar-refractivity contribution is 0.0241. The molecule has 0 heterocycles. The first-order valence-corrected chi connectivity index (χ1v) is 4.44. The summed E-state index contributed by atoms with van der Waals surface area (Å²) in [5, 5.41) is -4.23. The normalized spacial score (nSPS) is 13.2. The van der Waals surface area contributed by atoms with Crippen LogP contribution >= 0.6 is 34.8 Å². The minimum Gasteiger partial charge on any atom is -0.199 e. The molecule has 0 atom stereocenters. The van der Waals surface area contributed by atoms with Gasteiger partial charge < -0.3 is 0 Å². The van der Waals surface area contributed by atoms with E-state index in [1.807, 2.05) is 0 Å². The quantitative estimate of drug-likeness (QED) is 0.422. The van der Waals surface area contributed by atoms with Gasteiger partial charge in [-0.3, -0.25) is 0 Å². The molecule has 13 heavy (non-hydrogen) atoms. The van der Waals surface area contributed by atoms with Crippen molar-refractivity contribution >= 4 is 45.4 Å². The number of halogens is 8. The van der Waals surface area contributed by atoms with E-state index in [-0.39, 0.29) is 0 Å². The molecule has 0 amide bonds. The maximum absolute atomic E-state index is 11.5. The molecule has 0 aromatic heterocycles. The molecule has 0 aliphatic carbocycles. The third-order valence-corrected chi connectivity index (χ3v) is 1.25. The second-order valence-corrected chi connectivity index (χ2v) is 3.84. The van der Waals surface area contributed by atoms with Crippen LogP contribution in [0.4, 0.5) is 20.9 Å². The third-order valence-electron chi connectivity index (χ3n) is 0.321. The van der Waals surface area contributed by atoms with Gasteiger partial charge in [-0.05, 0) is 11.6 Å². The van der Waals surface area contributed by atoms with Crippen LogP contribution in [-0.4, -0.2) is 18.4 Å². The summed E-state index contributed by atoms with van der Waals surface area (Å²) in [6.45, 7) is 0. The van der Waals surface area contributed by atoms with Crippen LogP contribution < -0.4 is 0 Å². The van der Waals surface area contributed by atoms with E-state index in [4.69, 9.17) is 8.42 Å². The highest BCUT2D eigenvalue weighted by atomic mass is 35.5. The summed E-state index contributed by atoms with van der Waals surface area (Å²) < 4.78 is 67.2. The smallest absolute Gasteiger partial charge is 0.199 e. The number of hydrogen-bond donors (Lipinski definition) is 0. The topological polar surface area (TPSA) is 34.1 Å². The van der Waals surface area contributed by atoms with Crippen molar-refractivity contribution in [2.75, 3.05) is 0 Å². The van der Waals surface area contributed by atoms with E-state index in [1.165, 1.54) is 0 Å². The van der Waals surface area contributed by atoms with Crippen LogP contribution in [0.25, 0.3) is 0 Å². The van der Waals surface area contributed by atoms with Crippen molar-refractivity contribution in [3.8, 4) is 0 Å². The van der Waals surface area contributed by atoms with Crippen LogP contribution in [0, 0.1) is 0 Å². The molecule has 0 N–H and O–H groups in total. The Labute approximate surface area is 85.1 Å². The summed E-state index contributed by atoms with van der Waals surface area (Å²) in [5.41, 5.74) is 0. The maximum Gasteiger partial charge on any atom is 0.476 e. The first kappa shape index (κ1) is 15.9. The summed E-state index contributed by atoms with van der Waals surface area (Å²) in [6.07, 6.45) is 0. The molecular formula is C2Cl3F5O2S. The van der Waals surface area contributed by atoms with Gasteiger partial charge in [-0.2, -0.15) is 21.6 Å². The standard InChI is InChI=1S/C2Cl3F3.F2O2S/c3-1(4,6)2(5,7)8;1-5(2,3)4. The third kappa shape index (κ3) is 15.2. The van der Waals surface area contributed by atoms with Gasteiger partial charge in [0, 0.05) is 0 Å². The fraction of sp³-hybridized carbons (Fsp3) is 1.00. The molecule has 0 saturated carbocycles. The first-order chi connectivity index (χ1) is 5.25. The van der Waals surface area contributed by atoms with Crippen LogP contribution in [0.3, 0.4) is 0 Å². The minimum atomic E-state index is -5.67. The van der Waals surface area contributed by atoms with Gasteiger partial charge in [-0.1, -0.05) is 31.0 Å². The lowest BCUT2D eigenvalue weighted by atomic mass is 10.8. The summed E-state index contributed by atoms with van der Waals surface area (Å²) in [6, 6.07) is 0. The van der Waals surface area contributed by atoms with Crippen molar-refractivity contribution in [2.45, 2.75) is 9.97 Å². The molecule has 0 aliphatic heterocycles. The fourth-order valence-corrected chi connectivity index (χ4v) is 0. The predicted octanol–water partition coefficient (Wildman–Crippen LogP) is 3.09. The van der Waals surface area contributed by atoms with Gasteiger partial charge >= 0.3 is 20.6 Å². The predicted molar refractivity (Wildman–Crippen MR) is 37.5 cm³/mol. The molecule has 0 aliphatic rings. The van der Waals surface area contributed by atoms with Crippen molar-refractivity contribution in [2.24, 2.45) is 0 Å². The molecule has 0 aromatic carbocycles. The van der Waals surface area contributed by atoms with Gasteiger partial charge in [0.05, 0.1) is 0 Å². The second-order valence-electron chi connectivity index (χ2n) is 1.37. The zero-order chi connectivity index (χ0) is 11.5. The molecule has 0 bridgehead atoms. The Balaban J connectivity index is 0.